The quantitative estimate of drug-likeness (QED) is 0.757. The summed E-state index contributed by atoms with van der Waals surface area (Å²) >= 11 is 12.1. The summed E-state index contributed by atoms with van der Waals surface area (Å²) in [5.41, 5.74) is 6.06. The normalized spacial score (nSPS) is 12.4. The molecule has 1 aromatic rings. The third kappa shape index (κ3) is 4.84. The Morgan fingerprint density at radius 1 is 1.39 bits per heavy atom. The molecule has 0 saturated carbocycles. The van der Waals surface area contributed by atoms with Crippen molar-refractivity contribution < 1.29 is 4.79 Å². The summed E-state index contributed by atoms with van der Waals surface area (Å²) < 4.78 is 0. The van der Waals surface area contributed by atoms with Gasteiger partial charge >= 0.3 is 0 Å². The fourth-order valence-corrected chi connectivity index (χ4v) is 2.18. The Hall–Kier alpha value is -0.770. The summed E-state index contributed by atoms with van der Waals surface area (Å²) in [5, 5.41) is 4.51. The molecule has 0 aliphatic rings. The molecule has 0 aliphatic carbocycles. The number of halogens is 2. The molecule has 5 heteroatoms. The van der Waals surface area contributed by atoms with Crippen molar-refractivity contribution in [1.29, 1.82) is 0 Å². The number of hydrogen-bond acceptors (Lipinski definition) is 2. The van der Waals surface area contributed by atoms with Crippen molar-refractivity contribution in [2.24, 2.45) is 5.73 Å². The number of nitrogens with two attached hydrogens (primary N) is 1. The number of primary amides is 1. The fraction of sp³-hybridized carbons (Fsp3) is 0.462. The molecule has 0 aromatic heterocycles. The second-order valence-corrected chi connectivity index (χ2v) is 5.03. The minimum Gasteiger partial charge on any atom is -0.370 e. The van der Waals surface area contributed by atoms with Gasteiger partial charge in [-0.2, -0.15) is 0 Å². The zero-order chi connectivity index (χ0) is 13.5. The maximum Gasteiger partial charge on any atom is 0.217 e. The van der Waals surface area contributed by atoms with Crippen molar-refractivity contribution >= 4 is 29.1 Å². The number of unbranched alkanes of at least 4 members (excludes halogenated alkanes) is 1. The van der Waals surface area contributed by atoms with Gasteiger partial charge in [0.05, 0.1) is 10.0 Å². The molecule has 1 aromatic carbocycles. The molecule has 3 N–H and O–H groups in total. The second-order valence-electron chi connectivity index (χ2n) is 4.24. The number of nitrogens with one attached hydrogen (secondary N) is 1. The van der Waals surface area contributed by atoms with Crippen LogP contribution in [0.25, 0.3) is 0 Å². The van der Waals surface area contributed by atoms with Gasteiger partial charge in [0.25, 0.3) is 0 Å². The van der Waals surface area contributed by atoms with Crippen LogP contribution in [-0.4, -0.2) is 12.5 Å². The Morgan fingerprint density at radius 2 is 2.11 bits per heavy atom. The summed E-state index contributed by atoms with van der Waals surface area (Å²) in [7, 11) is 0. The molecule has 100 valence electrons. The van der Waals surface area contributed by atoms with Crippen molar-refractivity contribution in [2.75, 3.05) is 6.54 Å². The van der Waals surface area contributed by atoms with Crippen LogP contribution in [0, 0.1) is 0 Å². The summed E-state index contributed by atoms with van der Waals surface area (Å²) in [5.74, 6) is -0.249. The van der Waals surface area contributed by atoms with Gasteiger partial charge in [-0.3, -0.25) is 4.79 Å². The lowest BCUT2D eigenvalue weighted by Gasteiger charge is -2.16. The first-order chi connectivity index (χ1) is 8.52. The van der Waals surface area contributed by atoms with E-state index in [4.69, 9.17) is 28.9 Å². The highest BCUT2D eigenvalue weighted by molar-refractivity contribution is 6.42. The lowest BCUT2D eigenvalue weighted by molar-refractivity contribution is -0.118. The smallest absolute Gasteiger partial charge is 0.217 e. The summed E-state index contributed by atoms with van der Waals surface area (Å²) in [6.45, 7) is 2.85. The molecule has 1 unspecified atom stereocenters. The van der Waals surface area contributed by atoms with Gasteiger partial charge in [0.1, 0.15) is 0 Å². The van der Waals surface area contributed by atoms with E-state index in [0.29, 0.717) is 16.5 Å². The molecule has 0 radical (unpaired) electrons. The molecule has 0 aliphatic heterocycles. The van der Waals surface area contributed by atoms with E-state index < -0.39 is 0 Å². The SMILES string of the molecule is CC(NCCCCC(N)=O)c1cccc(Cl)c1Cl. The predicted octanol–water partition coefficient (Wildman–Crippen LogP) is 3.30. The molecule has 1 atom stereocenters. The highest BCUT2D eigenvalue weighted by atomic mass is 35.5. The van der Waals surface area contributed by atoms with E-state index in [1.165, 1.54) is 0 Å². The number of rotatable bonds is 7. The van der Waals surface area contributed by atoms with Crippen molar-refractivity contribution in [2.45, 2.75) is 32.2 Å². The number of hydrogen-bond donors (Lipinski definition) is 2. The maximum atomic E-state index is 10.6. The van der Waals surface area contributed by atoms with Crippen LogP contribution in [-0.2, 0) is 4.79 Å². The molecular formula is C13H18Cl2N2O. The topological polar surface area (TPSA) is 55.1 Å². The lowest BCUT2D eigenvalue weighted by Crippen LogP contribution is -2.20. The number of benzene rings is 1. The first-order valence-electron chi connectivity index (χ1n) is 5.98. The second kappa shape index (κ2) is 7.62. The van der Waals surface area contributed by atoms with E-state index in [1.54, 1.807) is 6.07 Å². The molecule has 3 nitrogen and oxygen atoms in total. The molecular weight excluding hydrogens is 271 g/mol. The Kier molecular flexibility index (Phi) is 6.47. The zero-order valence-electron chi connectivity index (χ0n) is 10.4. The first-order valence-corrected chi connectivity index (χ1v) is 6.73. The van der Waals surface area contributed by atoms with Gasteiger partial charge in [0, 0.05) is 12.5 Å². The van der Waals surface area contributed by atoms with Crippen LogP contribution >= 0.6 is 23.2 Å². The lowest BCUT2D eigenvalue weighted by atomic mass is 10.1. The number of carbonyl (C=O) groups excluding carboxylic acids is 1. The monoisotopic (exact) mass is 288 g/mol. The Labute approximate surface area is 118 Å². The van der Waals surface area contributed by atoms with Gasteiger partial charge in [-0.1, -0.05) is 35.3 Å². The van der Waals surface area contributed by atoms with E-state index in [9.17, 15) is 4.79 Å². The highest BCUT2D eigenvalue weighted by Gasteiger charge is 2.10. The molecule has 18 heavy (non-hydrogen) atoms. The number of carbonyl (C=O) groups is 1. The molecule has 0 fully saturated rings. The number of amides is 1. The van der Waals surface area contributed by atoms with Crippen LogP contribution in [0.3, 0.4) is 0 Å². The van der Waals surface area contributed by atoms with Crippen LogP contribution in [0.4, 0.5) is 0 Å². The molecule has 0 spiro atoms. The minimum atomic E-state index is -0.249. The first kappa shape index (κ1) is 15.3. The average molecular weight is 289 g/mol. The minimum absolute atomic E-state index is 0.129. The van der Waals surface area contributed by atoms with Gasteiger partial charge in [0.2, 0.25) is 5.91 Å². The van der Waals surface area contributed by atoms with Crippen LogP contribution < -0.4 is 11.1 Å². The van der Waals surface area contributed by atoms with Crippen molar-refractivity contribution in [3.8, 4) is 0 Å². The van der Waals surface area contributed by atoms with E-state index in [-0.39, 0.29) is 11.9 Å². The van der Waals surface area contributed by atoms with Gasteiger partial charge in [0.15, 0.2) is 0 Å². The summed E-state index contributed by atoms with van der Waals surface area (Å²) in [6.07, 6.45) is 2.15. The van der Waals surface area contributed by atoms with E-state index >= 15 is 0 Å². The largest absolute Gasteiger partial charge is 0.370 e. The standard InChI is InChI=1S/C13H18Cl2N2O/c1-9(17-8-3-2-7-12(16)18)10-5-4-6-11(14)13(10)15/h4-6,9,17H,2-3,7-8H2,1H3,(H2,16,18). The van der Waals surface area contributed by atoms with Crippen molar-refractivity contribution in [3.63, 3.8) is 0 Å². The van der Waals surface area contributed by atoms with E-state index in [1.807, 2.05) is 19.1 Å². The Morgan fingerprint density at radius 3 is 2.78 bits per heavy atom. The highest BCUT2D eigenvalue weighted by Crippen LogP contribution is 2.29. The van der Waals surface area contributed by atoms with Crippen molar-refractivity contribution in [3.05, 3.63) is 33.8 Å². The molecule has 1 amide bonds. The molecule has 0 saturated heterocycles. The maximum absolute atomic E-state index is 10.6. The molecule has 0 bridgehead atoms. The third-order valence-electron chi connectivity index (χ3n) is 2.75. The summed E-state index contributed by atoms with van der Waals surface area (Å²) in [4.78, 5) is 10.6. The molecule has 1 rings (SSSR count). The van der Waals surface area contributed by atoms with Gasteiger partial charge in [-0.05, 0) is 37.9 Å². The van der Waals surface area contributed by atoms with Crippen LogP contribution in [0.2, 0.25) is 10.0 Å². The van der Waals surface area contributed by atoms with Gasteiger partial charge in [-0.15, -0.1) is 0 Å². The predicted molar refractivity (Wildman–Crippen MR) is 75.9 cm³/mol. The van der Waals surface area contributed by atoms with Gasteiger partial charge < -0.3 is 11.1 Å². The fourth-order valence-electron chi connectivity index (χ4n) is 1.71. The molecule has 0 heterocycles. The van der Waals surface area contributed by atoms with Crippen molar-refractivity contribution in [1.82, 2.24) is 5.32 Å². The van der Waals surface area contributed by atoms with Crippen LogP contribution in [0.1, 0.15) is 37.8 Å². The van der Waals surface area contributed by atoms with E-state index in [2.05, 4.69) is 5.32 Å². The summed E-state index contributed by atoms with van der Waals surface area (Å²) in [6, 6.07) is 5.74. The zero-order valence-corrected chi connectivity index (χ0v) is 11.9. The third-order valence-corrected chi connectivity index (χ3v) is 3.58. The average Bonchev–Trinajstić information content (AvgIpc) is 2.31. The van der Waals surface area contributed by atoms with Crippen LogP contribution in [0.5, 0.6) is 0 Å². The van der Waals surface area contributed by atoms with Crippen LogP contribution in [0.15, 0.2) is 18.2 Å². The van der Waals surface area contributed by atoms with Gasteiger partial charge in [-0.25, -0.2) is 0 Å². The van der Waals surface area contributed by atoms with E-state index in [0.717, 1.165) is 24.9 Å². The Bertz CT molecular complexity index is 410. The Balaban J connectivity index is 2.38.